The molecule has 0 aromatic rings. The quantitative estimate of drug-likeness (QED) is 0.386. The van der Waals surface area contributed by atoms with E-state index in [4.69, 9.17) is 4.84 Å². The second-order valence-electron chi connectivity index (χ2n) is 11.7. The predicted octanol–water partition coefficient (Wildman–Crippen LogP) is 4.08. The Labute approximate surface area is 183 Å². The molecule has 0 amide bonds. The van der Waals surface area contributed by atoms with Crippen LogP contribution in [0.1, 0.15) is 78.1 Å². The molecule has 4 aliphatic rings. The molecule has 172 valence electrons. The highest BCUT2D eigenvalue weighted by Crippen LogP contribution is 2.69. The molecule has 4 aliphatic carbocycles. The Bertz CT molecular complexity index is 640. The van der Waals surface area contributed by atoms with Gasteiger partial charge in [0.1, 0.15) is 6.61 Å². The molecule has 0 aromatic heterocycles. The molecule has 0 spiro atoms. The van der Waals surface area contributed by atoms with E-state index in [1.165, 1.54) is 12.8 Å². The summed E-state index contributed by atoms with van der Waals surface area (Å²) in [4.78, 5) is 7.50. The van der Waals surface area contributed by atoms with Crippen molar-refractivity contribution < 1.29 is 15.1 Å². The third kappa shape index (κ3) is 3.63. The Balaban J connectivity index is 1.43. The van der Waals surface area contributed by atoms with E-state index >= 15 is 0 Å². The smallest absolute Gasteiger partial charge is 0.129 e. The number of hydrogen-bond donors (Lipinski definition) is 2. The molecular weight excluding hydrogens is 376 g/mol. The van der Waals surface area contributed by atoms with Crippen LogP contribution < -0.4 is 0 Å². The van der Waals surface area contributed by atoms with Crippen molar-refractivity contribution >= 4 is 6.21 Å². The van der Waals surface area contributed by atoms with Crippen molar-refractivity contribution in [3.05, 3.63) is 0 Å². The summed E-state index contributed by atoms with van der Waals surface area (Å²) >= 11 is 0. The van der Waals surface area contributed by atoms with Crippen LogP contribution in [0.3, 0.4) is 0 Å². The van der Waals surface area contributed by atoms with Gasteiger partial charge in [-0.15, -0.1) is 0 Å². The lowest BCUT2D eigenvalue weighted by molar-refractivity contribution is -0.209. The molecule has 0 unspecified atom stereocenters. The fourth-order valence-electron chi connectivity index (χ4n) is 8.19. The molecule has 0 aromatic carbocycles. The minimum Gasteiger partial charge on any atom is -0.395 e. The second-order valence-corrected chi connectivity index (χ2v) is 11.7. The summed E-state index contributed by atoms with van der Waals surface area (Å²) in [5.74, 6) is 2.16. The van der Waals surface area contributed by atoms with Gasteiger partial charge in [-0.3, -0.25) is 0 Å². The normalized spacial score (nSPS) is 48.4. The minimum atomic E-state index is -0.537. The molecule has 5 nitrogen and oxygen atoms in total. The first-order valence-corrected chi connectivity index (χ1v) is 12.4. The molecule has 0 bridgehead atoms. The van der Waals surface area contributed by atoms with Crippen LogP contribution in [0.4, 0.5) is 0 Å². The highest BCUT2D eigenvalue weighted by Gasteiger charge is 2.66. The van der Waals surface area contributed by atoms with Gasteiger partial charge in [-0.25, -0.2) is 0 Å². The van der Waals surface area contributed by atoms with E-state index in [1.807, 2.05) is 20.3 Å². The number of likely N-dealkylation sites (N-methyl/N-ethyl adjacent to an activating group) is 1. The third-order valence-electron chi connectivity index (χ3n) is 10.2. The predicted molar refractivity (Wildman–Crippen MR) is 120 cm³/mol. The van der Waals surface area contributed by atoms with E-state index in [1.54, 1.807) is 0 Å². The van der Waals surface area contributed by atoms with Crippen molar-refractivity contribution in [1.82, 2.24) is 4.90 Å². The zero-order valence-electron chi connectivity index (χ0n) is 19.6. The van der Waals surface area contributed by atoms with E-state index in [2.05, 4.69) is 23.9 Å². The summed E-state index contributed by atoms with van der Waals surface area (Å²) in [5, 5.41) is 26.6. The first kappa shape index (κ1) is 22.5. The first-order valence-electron chi connectivity index (χ1n) is 12.4. The van der Waals surface area contributed by atoms with E-state index in [-0.39, 0.29) is 11.5 Å². The lowest BCUT2D eigenvalue weighted by atomic mass is 9.43. The molecule has 30 heavy (non-hydrogen) atoms. The van der Waals surface area contributed by atoms with Crippen LogP contribution in [0.2, 0.25) is 0 Å². The minimum absolute atomic E-state index is 0.0127. The Kier molecular flexibility index (Phi) is 6.29. The summed E-state index contributed by atoms with van der Waals surface area (Å²) in [6, 6.07) is 0. The molecular formula is C25H44N2O3. The zero-order chi connectivity index (χ0) is 21.6. The summed E-state index contributed by atoms with van der Waals surface area (Å²) in [7, 11) is 4.07. The molecule has 4 fully saturated rings. The lowest BCUT2D eigenvalue weighted by Crippen LogP contribution is -2.62. The largest absolute Gasteiger partial charge is 0.395 e. The fraction of sp³-hybridized carbons (Fsp3) is 0.960. The van der Waals surface area contributed by atoms with Gasteiger partial charge in [0.15, 0.2) is 0 Å². The standard InChI is InChI=1S/C25H44N2O3/c1-23-11-8-20(28)17-19(23)5-6-22-21(23)9-12-24(2)18(7-13-25(22,24)29)10-14-26-30-16-15-27(3)4/h14,18-22,28-29H,5-13,15-17H2,1-4H3/b26-14+/t18-,19-,20+,21+,22-,23+,24-,25+/m1/s1. The Morgan fingerprint density at radius 2 is 1.83 bits per heavy atom. The van der Waals surface area contributed by atoms with Gasteiger partial charge < -0.3 is 20.0 Å². The maximum Gasteiger partial charge on any atom is 0.129 e. The maximum atomic E-state index is 12.2. The molecule has 0 heterocycles. The van der Waals surface area contributed by atoms with Crippen LogP contribution in [0.5, 0.6) is 0 Å². The van der Waals surface area contributed by atoms with Gasteiger partial charge in [0.2, 0.25) is 0 Å². The van der Waals surface area contributed by atoms with E-state index < -0.39 is 5.60 Å². The zero-order valence-corrected chi connectivity index (χ0v) is 19.6. The number of fused-ring (bicyclic) bond motifs is 5. The average Bonchev–Trinajstić information content (AvgIpc) is 2.96. The van der Waals surface area contributed by atoms with Gasteiger partial charge in [0.05, 0.1) is 11.7 Å². The van der Waals surface area contributed by atoms with Crippen molar-refractivity contribution in [2.75, 3.05) is 27.2 Å². The Morgan fingerprint density at radius 3 is 2.60 bits per heavy atom. The molecule has 4 saturated carbocycles. The van der Waals surface area contributed by atoms with Crippen LogP contribution >= 0.6 is 0 Å². The van der Waals surface area contributed by atoms with Gasteiger partial charge in [-0.1, -0.05) is 19.0 Å². The van der Waals surface area contributed by atoms with Crippen LogP contribution in [0.25, 0.3) is 0 Å². The summed E-state index contributed by atoms with van der Waals surface area (Å²) in [6.07, 6.45) is 12.5. The molecule has 5 heteroatoms. The van der Waals surface area contributed by atoms with Crippen molar-refractivity contribution in [2.24, 2.45) is 39.7 Å². The monoisotopic (exact) mass is 420 g/mol. The van der Waals surface area contributed by atoms with Gasteiger partial charge in [-0.05, 0) is 113 Å². The molecule has 0 saturated heterocycles. The van der Waals surface area contributed by atoms with E-state index in [0.717, 1.165) is 57.9 Å². The Morgan fingerprint density at radius 1 is 1.03 bits per heavy atom. The Hall–Kier alpha value is -0.650. The molecule has 8 atom stereocenters. The highest BCUT2D eigenvalue weighted by atomic mass is 16.6. The van der Waals surface area contributed by atoms with Crippen LogP contribution in [0.15, 0.2) is 5.16 Å². The van der Waals surface area contributed by atoms with Crippen molar-refractivity contribution in [3.8, 4) is 0 Å². The van der Waals surface area contributed by atoms with Crippen LogP contribution in [-0.4, -0.2) is 60.3 Å². The summed E-state index contributed by atoms with van der Waals surface area (Å²) in [5.41, 5.74) is -0.246. The van der Waals surface area contributed by atoms with Gasteiger partial charge >= 0.3 is 0 Å². The van der Waals surface area contributed by atoms with Crippen molar-refractivity contribution in [3.63, 3.8) is 0 Å². The third-order valence-corrected chi connectivity index (χ3v) is 10.2. The van der Waals surface area contributed by atoms with Crippen molar-refractivity contribution in [1.29, 1.82) is 0 Å². The number of nitrogens with zero attached hydrogens (tertiary/aromatic N) is 2. The first-order chi connectivity index (χ1) is 14.2. The maximum absolute atomic E-state index is 12.2. The van der Waals surface area contributed by atoms with Crippen molar-refractivity contribution in [2.45, 2.75) is 89.8 Å². The second kappa shape index (κ2) is 8.37. The molecule has 0 radical (unpaired) electrons. The molecule has 0 aliphatic heterocycles. The van der Waals surface area contributed by atoms with Crippen LogP contribution in [-0.2, 0) is 4.84 Å². The van der Waals surface area contributed by atoms with Crippen LogP contribution in [0, 0.1) is 34.5 Å². The van der Waals surface area contributed by atoms with E-state index in [9.17, 15) is 10.2 Å². The lowest BCUT2D eigenvalue weighted by Gasteiger charge is -2.63. The molecule has 4 rings (SSSR count). The SMILES string of the molecule is CN(C)CCO/N=C/C[C@H]1CC[C@]2(O)[C@@H]3CC[C@@H]4C[C@@H](O)CC[C@]4(C)[C@H]3CC[C@]12C. The number of hydrogen-bond acceptors (Lipinski definition) is 5. The summed E-state index contributed by atoms with van der Waals surface area (Å²) in [6.45, 7) is 6.34. The number of rotatable bonds is 6. The average molecular weight is 421 g/mol. The van der Waals surface area contributed by atoms with Gasteiger partial charge in [0, 0.05) is 12.8 Å². The number of aliphatic hydroxyl groups excluding tert-OH is 1. The highest BCUT2D eigenvalue weighted by molar-refractivity contribution is 5.57. The number of oxime groups is 1. The number of aliphatic hydroxyl groups is 2. The van der Waals surface area contributed by atoms with Gasteiger partial charge in [0.25, 0.3) is 0 Å². The van der Waals surface area contributed by atoms with Gasteiger partial charge in [-0.2, -0.15) is 0 Å². The molecule has 2 N–H and O–H groups in total. The summed E-state index contributed by atoms with van der Waals surface area (Å²) < 4.78 is 0. The van der Waals surface area contributed by atoms with E-state index in [0.29, 0.717) is 35.7 Å². The topological polar surface area (TPSA) is 65.3 Å². The fourth-order valence-corrected chi connectivity index (χ4v) is 8.19.